The van der Waals surface area contributed by atoms with E-state index in [0.717, 1.165) is 0 Å². The van der Waals surface area contributed by atoms with Crippen molar-refractivity contribution in [2.75, 3.05) is 5.32 Å². The summed E-state index contributed by atoms with van der Waals surface area (Å²) in [4.78, 5) is 34.6. The van der Waals surface area contributed by atoms with E-state index in [4.69, 9.17) is 5.11 Å². The Bertz CT molecular complexity index is 909. The van der Waals surface area contributed by atoms with Gasteiger partial charge in [-0.3, -0.25) is 5.32 Å². The minimum absolute atomic E-state index is 0.0575. The highest BCUT2D eigenvalue weighted by atomic mass is 32.2. The summed E-state index contributed by atoms with van der Waals surface area (Å²) in [7, 11) is -4.13. The van der Waals surface area contributed by atoms with Gasteiger partial charge in [0.2, 0.25) is 16.0 Å². The smallest absolute Gasteiger partial charge is 0.335 e. The molecule has 2 amide bonds. The first-order chi connectivity index (χ1) is 11.7. The van der Waals surface area contributed by atoms with Crippen molar-refractivity contribution in [1.82, 2.24) is 19.7 Å². The summed E-state index contributed by atoms with van der Waals surface area (Å²) in [6.07, 6.45) is 0. The maximum Gasteiger partial charge on any atom is 0.335 e. The van der Waals surface area contributed by atoms with E-state index in [-0.39, 0.29) is 17.1 Å². The van der Waals surface area contributed by atoms with E-state index in [1.165, 1.54) is 24.3 Å². The first kappa shape index (κ1) is 18.3. The molecule has 3 N–H and O–H groups in total. The molecule has 0 aliphatic heterocycles. The lowest BCUT2D eigenvalue weighted by molar-refractivity contribution is 0.0696. The van der Waals surface area contributed by atoms with Crippen LogP contribution in [0.1, 0.15) is 27.6 Å². The predicted octanol–water partition coefficient (Wildman–Crippen LogP) is 0.838. The summed E-state index contributed by atoms with van der Waals surface area (Å²) >= 11 is 0. The summed E-state index contributed by atoms with van der Waals surface area (Å²) in [6.45, 7) is 3.19. The second kappa shape index (κ2) is 7.21. The molecule has 0 atom stereocenters. The number of hydrogen-bond acceptors (Lipinski definition) is 7. The predicted molar refractivity (Wildman–Crippen MR) is 87.5 cm³/mol. The minimum atomic E-state index is -4.13. The Labute approximate surface area is 143 Å². The number of carbonyl (C=O) groups excluding carboxylic acids is 1. The largest absolute Gasteiger partial charge is 0.478 e. The molecule has 1 aromatic heterocycles. The molecule has 11 heteroatoms. The number of aryl methyl sites for hydroxylation is 2. The number of aromatic nitrogens is 3. The maximum absolute atomic E-state index is 12.1. The summed E-state index contributed by atoms with van der Waals surface area (Å²) in [6, 6.07) is 4.57. The molecule has 2 rings (SSSR count). The number of hydrogen-bond donors (Lipinski definition) is 3. The normalized spacial score (nSPS) is 11.0. The zero-order valence-corrected chi connectivity index (χ0v) is 14.2. The lowest BCUT2D eigenvalue weighted by Gasteiger charge is -2.09. The monoisotopic (exact) mass is 365 g/mol. The fourth-order valence-corrected chi connectivity index (χ4v) is 3.10. The van der Waals surface area contributed by atoms with Gasteiger partial charge in [-0.1, -0.05) is 18.2 Å². The van der Waals surface area contributed by atoms with Crippen molar-refractivity contribution in [2.45, 2.75) is 19.6 Å². The molecule has 0 saturated heterocycles. The van der Waals surface area contributed by atoms with E-state index in [2.05, 4.69) is 20.3 Å². The van der Waals surface area contributed by atoms with Crippen LogP contribution in [0.3, 0.4) is 0 Å². The Morgan fingerprint density at radius 1 is 1.08 bits per heavy atom. The Balaban J connectivity index is 2.11. The Hall–Kier alpha value is -3.08. The number of sulfonamides is 1. The van der Waals surface area contributed by atoms with Gasteiger partial charge in [-0.05, 0) is 25.5 Å². The molecule has 0 aliphatic carbocycles. The van der Waals surface area contributed by atoms with E-state index >= 15 is 0 Å². The molecule has 0 aliphatic rings. The van der Waals surface area contributed by atoms with Crippen LogP contribution in [0.25, 0.3) is 0 Å². The van der Waals surface area contributed by atoms with Gasteiger partial charge < -0.3 is 5.11 Å². The molecule has 0 unspecified atom stereocenters. The van der Waals surface area contributed by atoms with E-state index < -0.39 is 27.8 Å². The van der Waals surface area contributed by atoms with Crippen molar-refractivity contribution in [3.63, 3.8) is 0 Å². The average Bonchev–Trinajstić information content (AvgIpc) is 2.44. The van der Waals surface area contributed by atoms with Gasteiger partial charge in [0.25, 0.3) is 0 Å². The van der Waals surface area contributed by atoms with Crippen LogP contribution in [0.4, 0.5) is 10.7 Å². The quantitative estimate of drug-likeness (QED) is 0.705. The Morgan fingerprint density at radius 2 is 1.68 bits per heavy atom. The average molecular weight is 365 g/mol. The second-order valence-electron chi connectivity index (χ2n) is 5.03. The third kappa shape index (κ3) is 5.21. The van der Waals surface area contributed by atoms with Gasteiger partial charge in [0, 0.05) is 0 Å². The highest BCUT2D eigenvalue weighted by molar-refractivity contribution is 7.89. The van der Waals surface area contributed by atoms with E-state index in [1.807, 2.05) is 0 Å². The summed E-state index contributed by atoms with van der Waals surface area (Å²) in [5.41, 5.74) is -0.0980. The molecular formula is C14H15N5O5S. The SMILES string of the molecule is Cc1nc(C)nc(NC(=O)NS(=O)(=O)Cc2ccccc2C(=O)O)n1. The number of rotatable bonds is 5. The van der Waals surface area contributed by atoms with Crippen LogP contribution in [-0.4, -0.2) is 40.5 Å². The number of aromatic carboxylic acids is 1. The standard InChI is InChI=1S/C14H15N5O5S/c1-8-15-9(2)17-13(16-8)18-14(22)19-25(23,24)7-10-5-3-4-6-11(10)12(20)21/h3-6H,7H2,1-2H3,(H,20,21)(H2,15,16,17,18,19,22). The summed E-state index contributed by atoms with van der Waals surface area (Å²) < 4.78 is 26.0. The third-order valence-electron chi connectivity index (χ3n) is 2.93. The molecule has 132 valence electrons. The lowest BCUT2D eigenvalue weighted by atomic mass is 10.1. The Kier molecular flexibility index (Phi) is 5.27. The molecule has 10 nitrogen and oxygen atoms in total. The Morgan fingerprint density at radius 3 is 2.28 bits per heavy atom. The molecular weight excluding hydrogens is 350 g/mol. The van der Waals surface area contributed by atoms with Crippen LogP contribution in [0.2, 0.25) is 0 Å². The molecule has 0 radical (unpaired) electrons. The fraction of sp³-hybridized carbons (Fsp3) is 0.214. The molecule has 0 spiro atoms. The van der Waals surface area contributed by atoms with Gasteiger partial charge in [0.15, 0.2) is 0 Å². The van der Waals surface area contributed by atoms with E-state index in [0.29, 0.717) is 11.6 Å². The number of amides is 2. The fourth-order valence-electron chi connectivity index (χ4n) is 2.04. The number of carbonyl (C=O) groups is 2. The number of anilines is 1. The van der Waals surface area contributed by atoms with E-state index in [1.54, 1.807) is 18.6 Å². The van der Waals surface area contributed by atoms with E-state index in [9.17, 15) is 18.0 Å². The van der Waals surface area contributed by atoms with Crippen molar-refractivity contribution in [3.8, 4) is 0 Å². The topological polar surface area (TPSA) is 151 Å². The highest BCUT2D eigenvalue weighted by Crippen LogP contribution is 2.12. The zero-order valence-electron chi connectivity index (χ0n) is 13.3. The summed E-state index contributed by atoms with van der Waals surface area (Å²) in [5, 5.41) is 11.3. The van der Waals surface area contributed by atoms with Crippen molar-refractivity contribution >= 4 is 28.0 Å². The van der Waals surface area contributed by atoms with Crippen molar-refractivity contribution in [3.05, 3.63) is 47.0 Å². The minimum Gasteiger partial charge on any atom is -0.478 e. The van der Waals surface area contributed by atoms with Crippen LogP contribution in [0.15, 0.2) is 24.3 Å². The third-order valence-corrected chi connectivity index (χ3v) is 4.11. The molecule has 1 heterocycles. The first-order valence-electron chi connectivity index (χ1n) is 6.98. The molecule has 1 aromatic carbocycles. The van der Waals surface area contributed by atoms with Crippen LogP contribution in [-0.2, 0) is 15.8 Å². The van der Waals surface area contributed by atoms with Crippen molar-refractivity contribution < 1.29 is 23.1 Å². The number of carboxylic acid groups (broad SMARTS) is 1. The number of carboxylic acids is 1. The second-order valence-corrected chi connectivity index (χ2v) is 6.75. The number of urea groups is 1. The number of nitrogens with one attached hydrogen (secondary N) is 2. The zero-order chi connectivity index (χ0) is 18.6. The van der Waals surface area contributed by atoms with Gasteiger partial charge in [-0.2, -0.15) is 9.97 Å². The van der Waals surface area contributed by atoms with Crippen molar-refractivity contribution in [1.29, 1.82) is 0 Å². The molecule has 0 saturated carbocycles. The van der Waals surface area contributed by atoms with Crippen LogP contribution in [0, 0.1) is 13.8 Å². The maximum atomic E-state index is 12.1. The molecule has 25 heavy (non-hydrogen) atoms. The van der Waals surface area contributed by atoms with Gasteiger partial charge in [0.05, 0.1) is 11.3 Å². The van der Waals surface area contributed by atoms with Gasteiger partial charge >= 0.3 is 12.0 Å². The van der Waals surface area contributed by atoms with Crippen LogP contribution >= 0.6 is 0 Å². The van der Waals surface area contributed by atoms with Crippen LogP contribution in [0.5, 0.6) is 0 Å². The number of nitrogens with zero attached hydrogens (tertiary/aromatic N) is 3. The number of benzene rings is 1. The first-order valence-corrected chi connectivity index (χ1v) is 8.63. The molecule has 0 bridgehead atoms. The van der Waals surface area contributed by atoms with Gasteiger partial charge in [0.1, 0.15) is 11.6 Å². The highest BCUT2D eigenvalue weighted by Gasteiger charge is 2.20. The van der Waals surface area contributed by atoms with Crippen LogP contribution < -0.4 is 10.0 Å². The van der Waals surface area contributed by atoms with Crippen molar-refractivity contribution in [2.24, 2.45) is 0 Å². The van der Waals surface area contributed by atoms with Gasteiger partial charge in [-0.25, -0.2) is 27.7 Å². The molecule has 0 fully saturated rings. The molecule has 2 aromatic rings. The van der Waals surface area contributed by atoms with Gasteiger partial charge in [-0.15, -0.1) is 0 Å². The lowest BCUT2D eigenvalue weighted by Crippen LogP contribution is -2.36. The summed E-state index contributed by atoms with van der Waals surface area (Å²) in [5.74, 6) is -1.30.